The molecule has 2 fully saturated rings. The van der Waals surface area contributed by atoms with Crippen LogP contribution in [0.1, 0.15) is 37.8 Å². The van der Waals surface area contributed by atoms with Crippen LogP contribution < -0.4 is 0 Å². The molecular formula is C20H26FN3S. The van der Waals surface area contributed by atoms with E-state index >= 15 is 0 Å². The summed E-state index contributed by atoms with van der Waals surface area (Å²) in [6.45, 7) is 5.89. The van der Waals surface area contributed by atoms with E-state index in [1.807, 2.05) is 12.1 Å². The van der Waals surface area contributed by atoms with Crippen LogP contribution in [0.5, 0.6) is 0 Å². The Kier molecular flexibility index (Phi) is 5.44. The van der Waals surface area contributed by atoms with Crippen LogP contribution >= 0.6 is 11.3 Å². The second kappa shape index (κ2) is 7.94. The molecule has 0 radical (unpaired) electrons. The predicted octanol–water partition coefficient (Wildman–Crippen LogP) is 4.40. The first-order valence-corrected chi connectivity index (χ1v) is 10.3. The monoisotopic (exact) mass is 359 g/mol. The van der Waals surface area contributed by atoms with Gasteiger partial charge in [0, 0.05) is 30.1 Å². The van der Waals surface area contributed by atoms with Crippen LogP contribution in [0.4, 0.5) is 4.39 Å². The highest BCUT2D eigenvalue weighted by Gasteiger charge is 2.27. The van der Waals surface area contributed by atoms with Crippen LogP contribution in [0.15, 0.2) is 29.6 Å². The first-order chi connectivity index (χ1) is 12.3. The first kappa shape index (κ1) is 17.1. The van der Waals surface area contributed by atoms with Gasteiger partial charge in [-0.3, -0.25) is 4.90 Å². The third kappa shape index (κ3) is 4.27. The lowest BCUT2D eigenvalue weighted by molar-refractivity contribution is 0.148. The maximum absolute atomic E-state index is 13.1. The van der Waals surface area contributed by atoms with Crippen LogP contribution in [-0.2, 0) is 6.54 Å². The zero-order chi connectivity index (χ0) is 17.1. The van der Waals surface area contributed by atoms with Crippen LogP contribution in [0, 0.1) is 5.82 Å². The summed E-state index contributed by atoms with van der Waals surface area (Å²) in [6.07, 6.45) is 6.73. The summed E-state index contributed by atoms with van der Waals surface area (Å²) >= 11 is 1.66. The van der Waals surface area contributed by atoms with E-state index in [1.165, 1.54) is 70.4 Å². The predicted molar refractivity (Wildman–Crippen MR) is 101 cm³/mol. The van der Waals surface area contributed by atoms with E-state index in [4.69, 9.17) is 4.98 Å². The minimum absolute atomic E-state index is 0.196. The van der Waals surface area contributed by atoms with Gasteiger partial charge in [-0.2, -0.15) is 0 Å². The molecule has 25 heavy (non-hydrogen) atoms. The summed E-state index contributed by atoms with van der Waals surface area (Å²) in [5.41, 5.74) is 2.15. The van der Waals surface area contributed by atoms with Gasteiger partial charge in [0.2, 0.25) is 0 Å². The van der Waals surface area contributed by atoms with E-state index in [0.717, 1.165) is 22.8 Å². The maximum Gasteiger partial charge on any atom is 0.123 e. The molecule has 0 spiro atoms. The molecule has 1 atom stereocenters. The van der Waals surface area contributed by atoms with E-state index in [1.54, 1.807) is 11.3 Å². The van der Waals surface area contributed by atoms with Crippen molar-refractivity contribution in [2.24, 2.45) is 0 Å². The summed E-state index contributed by atoms with van der Waals surface area (Å²) < 4.78 is 13.1. The van der Waals surface area contributed by atoms with Crippen molar-refractivity contribution < 1.29 is 4.39 Å². The van der Waals surface area contributed by atoms with E-state index in [2.05, 4.69) is 15.2 Å². The molecule has 1 aromatic heterocycles. The normalized spacial score (nSPS) is 22.5. The molecule has 134 valence electrons. The number of halogens is 1. The zero-order valence-corrected chi connectivity index (χ0v) is 15.5. The number of hydrogen-bond donors (Lipinski definition) is 0. The molecule has 0 aliphatic carbocycles. The second-order valence-electron chi connectivity index (χ2n) is 7.28. The van der Waals surface area contributed by atoms with Crippen molar-refractivity contribution in [2.75, 3.05) is 26.2 Å². The van der Waals surface area contributed by atoms with Crippen molar-refractivity contribution in [1.29, 1.82) is 0 Å². The molecule has 0 amide bonds. The lowest BCUT2D eigenvalue weighted by atomic mass is 10.1. The zero-order valence-electron chi connectivity index (χ0n) is 14.7. The maximum atomic E-state index is 13.1. The van der Waals surface area contributed by atoms with Gasteiger partial charge in [0.1, 0.15) is 10.8 Å². The molecule has 2 aliphatic rings. The van der Waals surface area contributed by atoms with Gasteiger partial charge in [-0.1, -0.05) is 6.42 Å². The second-order valence-corrected chi connectivity index (χ2v) is 8.14. The molecule has 3 heterocycles. The highest BCUT2D eigenvalue weighted by atomic mass is 32.1. The molecule has 5 heteroatoms. The Hall–Kier alpha value is -1.30. The Balaban J connectivity index is 1.38. The minimum Gasteiger partial charge on any atom is -0.302 e. The molecule has 1 aromatic carbocycles. The van der Waals surface area contributed by atoms with Gasteiger partial charge < -0.3 is 4.90 Å². The van der Waals surface area contributed by atoms with E-state index in [9.17, 15) is 4.39 Å². The smallest absolute Gasteiger partial charge is 0.123 e. The SMILES string of the molecule is Fc1ccc(-c2nc(CN3CCCC3CN3CCCCC3)cs2)cc1. The summed E-state index contributed by atoms with van der Waals surface area (Å²) in [5, 5.41) is 3.15. The largest absolute Gasteiger partial charge is 0.302 e. The van der Waals surface area contributed by atoms with Gasteiger partial charge in [-0.05, 0) is 69.6 Å². The fourth-order valence-electron chi connectivity index (χ4n) is 4.06. The van der Waals surface area contributed by atoms with Gasteiger partial charge >= 0.3 is 0 Å². The van der Waals surface area contributed by atoms with Crippen molar-refractivity contribution >= 4 is 11.3 Å². The highest BCUT2D eigenvalue weighted by Crippen LogP contribution is 2.27. The number of thiazole rings is 1. The van der Waals surface area contributed by atoms with Crippen LogP contribution in [0.3, 0.4) is 0 Å². The number of benzene rings is 1. The summed E-state index contributed by atoms with van der Waals surface area (Å²) in [6, 6.07) is 7.31. The average molecular weight is 360 g/mol. The molecule has 3 nitrogen and oxygen atoms in total. The third-order valence-corrected chi connectivity index (χ3v) is 6.36. The van der Waals surface area contributed by atoms with E-state index in [-0.39, 0.29) is 5.82 Å². The lowest BCUT2D eigenvalue weighted by Gasteiger charge is -2.32. The molecule has 4 rings (SSSR count). The van der Waals surface area contributed by atoms with Crippen molar-refractivity contribution in [3.8, 4) is 10.6 Å². The Morgan fingerprint density at radius 1 is 1.04 bits per heavy atom. The van der Waals surface area contributed by atoms with Crippen LogP contribution in [0.25, 0.3) is 10.6 Å². The van der Waals surface area contributed by atoms with E-state index in [0.29, 0.717) is 6.04 Å². The topological polar surface area (TPSA) is 19.4 Å². The Morgan fingerprint density at radius 3 is 2.64 bits per heavy atom. The number of likely N-dealkylation sites (tertiary alicyclic amines) is 2. The molecular weight excluding hydrogens is 333 g/mol. The fourth-order valence-corrected chi connectivity index (χ4v) is 4.88. The van der Waals surface area contributed by atoms with Gasteiger partial charge in [0.15, 0.2) is 0 Å². The molecule has 2 saturated heterocycles. The van der Waals surface area contributed by atoms with Gasteiger partial charge in [0.25, 0.3) is 0 Å². The average Bonchev–Trinajstić information content (AvgIpc) is 3.27. The van der Waals surface area contributed by atoms with E-state index < -0.39 is 0 Å². The van der Waals surface area contributed by atoms with Gasteiger partial charge in [0.05, 0.1) is 5.69 Å². The van der Waals surface area contributed by atoms with Crippen molar-refractivity contribution in [3.63, 3.8) is 0 Å². The van der Waals surface area contributed by atoms with Gasteiger partial charge in [-0.15, -0.1) is 11.3 Å². The van der Waals surface area contributed by atoms with Crippen molar-refractivity contribution in [2.45, 2.75) is 44.7 Å². The fraction of sp³-hybridized carbons (Fsp3) is 0.550. The molecule has 0 saturated carbocycles. The lowest BCUT2D eigenvalue weighted by Crippen LogP contribution is -2.42. The number of aromatic nitrogens is 1. The standard InChI is InChI=1S/C20H26FN3S/c21-17-8-6-16(7-9-17)20-22-18(15-25-20)13-24-12-4-5-19(24)14-23-10-2-1-3-11-23/h6-9,15,19H,1-5,10-14H2. The quantitative estimate of drug-likeness (QED) is 0.789. The number of nitrogens with zero attached hydrogens (tertiary/aromatic N) is 3. The molecule has 2 aliphatic heterocycles. The Bertz CT molecular complexity index is 679. The Morgan fingerprint density at radius 2 is 1.84 bits per heavy atom. The minimum atomic E-state index is -0.196. The Labute approximate surface area is 153 Å². The summed E-state index contributed by atoms with van der Waals surface area (Å²) in [4.78, 5) is 10.1. The highest BCUT2D eigenvalue weighted by molar-refractivity contribution is 7.13. The number of rotatable bonds is 5. The van der Waals surface area contributed by atoms with Crippen molar-refractivity contribution in [1.82, 2.24) is 14.8 Å². The summed E-state index contributed by atoms with van der Waals surface area (Å²) in [7, 11) is 0. The summed E-state index contributed by atoms with van der Waals surface area (Å²) in [5.74, 6) is -0.196. The van der Waals surface area contributed by atoms with Gasteiger partial charge in [-0.25, -0.2) is 9.37 Å². The third-order valence-electron chi connectivity index (χ3n) is 5.42. The molecule has 0 bridgehead atoms. The molecule has 2 aromatic rings. The molecule has 1 unspecified atom stereocenters. The van der Waals surface area contributed by atoms with Crippen LogP contribution in [0.2, 0.25) is 0 Å². The number of piperidine rings is 1. The van der Waals surface area contributed by atoms with Crippen LogP contribution in [-0.4, -0.2) is 47.0 Å². The first-order valence-electron chi connectivity index (χ1n) is 9.45. The van der Waals surface area contributed by atoms with Crippen molar-refractivity contribution in [3.05, 3.63) is 41.2 Å². The number of hydrogen-bond acceptors (Lipinski definition) is 4. The molecule has 0 N–H and O–H groups in total.